The molecule has 19 heavy (non-hydrogen) atoms. The van der Waals surface area contributed by atoms with Crippen LogP contribution in [0.5, 0.6) is 0 Å². The van der Waals surface area contributed by atoms with Crippen LogP contribution in [0.1, 0.15) is 37.9 Å². The Morgan fingerprint density at radius 3 is 2.37 bits per heavy atom. The maximum absolute atomic E-state index is 11.9. The first-order chi connectivity index (χ1) is 8.82. The summed E-state index contributed by atoms with van der Waals surface area (Å²) in [7, 11) is 0. The standard InChI is InChI=1S/C15H19NO3/c1-9-6-5-7-13(8-9)12(4)16-14(17)10(2)11(3)15(18)19/h5-8,12H,1-4H3,(H,16,17)(H,18,19)/b11-10-/t12-/m0/s1. The number of aryl methyl sites for hydroxylation is 1. The highest BCUT2D eigenvalue weighted by Crippen LogP contribution is 2.15. The van der Waals surface area contributed by atoms with Gasteiger partial charge in [0.1, 0.15) is 0 Å². The van der Waals surface area contributed by atoms with E-state index in [0.29, 0.717) is 0 Å². The second kappa shape index (κ2) is 6.18. The third kappa shape index (κ3) is 3.95. The molecule has 0 aliphatic heterocycles. The third-order valence-electron chi connectivity index (χ3n) is 3.11. The van der Waals surface area contributed by atoms with Crippen molar-refractivity contribution in [2.24, 2.45) is 0 Å². The number of hydrogen-bond acceptors (Lipinski definition) is 2. The van der Waals surface area contributed by atoms with Gasteiger partial charge in [-0.05, 0) is 33.3 Å². The SMILES string of the molecule is C/C(C(=O)O)=C(\C)C(=O)N[C@@H](C)c1cccc(C)c1. The van der Waals surface area contributed by atoms with Crippen LogP contribution in [0.4, 0.5) is 0 Å². The molecule has 1 rings (SSSR count). The van der Waals surface area contributed by atoms with E-state index in [-0.39, 0.29) is 23.1 Å². The Hall–Kier alpha value is -2.10. The molecular weight excluding hydrogens is 242 g/mol. The van der Waals surface area contributed by atoms with E-state index in [2.05, 4.69) is 5.32 Å². The van der Waals surface area contributed by atoms with Gasteiger partial charge in [0.2, 0.25) is 5.91 Å². The molecule has 1 amide bonds. The minimum atomic E-state index is -1.07. The van der Waals surface area contributed by atoms with E-state index in [1.807, 2.05) is 38.1 Å². The molecule has 0 saturated heterocycles. The highest BCUT2D eigenvalue weighted by atomic mass is 16.4. The number of benzene rings is 1. The Labute approximate surface area is 113 Å². The fourth-order valence-corrected chi connectivity index (χ4v) is 1.66. The first-order valence-electron chi connectivity index (χ1n) is 6.11. The first-order valence-corrected chi connectivity index (χ1v) is 6.11. The molecule has 0 fully saturated rings. The molecule has 2 N–H and O–H groups in total. The van der Waals surface area contributed by atoms with Crippen molar-refractivity contribution in [3.63, 3.8) is 0 Å². The number of hydrogen-bond donors (Lipinski definition) is 2. The summed E-state index contributed by atoms with van der Waals surface area (Å²) in [5, 5.41) is 11.6. The number of carbonyl (C=O) groups is 2. The molecule has 1 atom stereocenters. The number of carboxylic acids is 1. The molecule has 0 heterocycles. The summed E-state index contributed by atoms with van der Waals surface area (Å²) in [5.41, 5.74) is 2.41. The van der Waals surface area contributed by atoms with E-state index >= 15 is 0 Å². The number of aliphatic carboxylic acids is 1. The van der Waals surface area contributed by atoms with Gasteiger partial charge >= 0.3 is 5.97 Å². The lowest BCUT2D eigenvalue weighted by Gasteiger charge is -2.15. The lowest BCUT2D eigenvalue weighted by Crippen LogP contribution is -2.28. The van der Waals surface area contributed by atoms with Crippen LogP contribution in [0.25, 0.3) is 0 Å². The first kappa shape index (κ1) is 15.0. The number of nitrogens with one attached hydrogen (secondary N) is 1. The minimum absolute atomic E-state index is 0.0638. The molecule has 0 bridgehead atoms. The number of amides is 1. The second-order valence-corrected chi connectivity index (χ2v) is 4.66. The van der Waals surface area contributed by atoms with Crippen LogP contribution in [0.15, 0.2) is 35.4 Å². The van der Waals surface area contributed by atoms with Crippen LogP contribution >= 0.6 is 0 Å². The predicted octanol–water partition coefficient (Wildman–Crippen LogP) is 2.59. The Kier molecular flexibility index (Phi) is 4.87. The topological polar surface area (TPSA) is 66.4 Å². The molecule has 0 aromatic heterocycles. The van der Waals surface area contributed by atoms with Crippen molar-refractivity contribution in [2.75, 3.05) is 0 Å². The van der Waals surface area contributed by atoms with Gasteiger partial charge in [0.05, 0.1) is 6.04 Å². The van der Waals surface area contributed by atoms with Gasteiger partial charge < -0.3 is 10.4 Å². The molecule has 1 aromatic carbocycles. The molecule has 0 saturated carbocycles. The molecule has 0 unspecified atom stereocenters. The summed E-state index contributed by atoms with van der Waals surface area (Å²) >= 11 is 0. The zero-order chi connectivity index (χ0) is 14.6. The van der Waals surface area contributed by atoms with E-state index in [1.54, 1.807) is 0 Å². The molecule has 0 aliphatic rings. The molecule has 4 nitrogen and oxygen atoms in total. The van der Waals surface area contributed by atoms with Crippen LogP contribution in [-0.2, 0) is 9.59 Å². The molecule has 4 heteroatoms. The van der Waals surface area contributed by atoms with Crippen molar-refractivity contribution in [1.82, 2.24) is 5.32 Å². The fourth-order valence-electron chi connectivity index (χ4n) is 1.66. The van der Waals surface area contributed by atoms with Crippen molar-refractivity contribution in [1.29, 1.82) is 0 Å². The van der Waals surface area contributed by atoms with Crippen LogP contribution in [0, 0.1) is 6.92 Å². The highest BCUT2D eigenvalue weighted by Gasteiger charge is 2.15. The van der Waals surface area contributed by atoms with Crippen LogP contribution in [0.3, 0.4) is 0 Å². The molecule has 1 aromatic rings. The number of rotatable bonds is 4. The lowest BCUT2D eigenvalue weighted by atomic mass is 10.0. The van der Waals surface area contributed by atoms with Gasteiger partial charge in [0.15, 0.2) is 0 Å². The van der Waals surface area contributed by atoms with Crippen molar-refractivity contribution < 1.29 is 14.7 Å². The van der Waals surface area contributed by atoms with Crippen LogP contribution in [0.2, 0.25) is 0 Å². The third-order valence-corrected chi connectivity index (χ3v) is 3.11. The second-order valence-electron chi connectivity index (χ2n) is 4.66. The van der Waals surface area contributed by atoms with Crippen molar-refractivity contribution in [3.8, 4) is 0 Å². The average molecular weight is 261 g/mol. The van der Waals surface area contributed by atoms with Gasteiger partial charge in [-0.1, -0.05) is 29.8 Å². The van der Waals surface area contributed by atoms with Crippen LogP contribution in [-0.4, -0.2) is 17.0 Å². The Morgan fingerprint density at radius 1 is 1.21 bits per heavy atom. The van der Waals surface area contributed by atoms with E-state index in [9.17, 15) is 9.59 Å². The monoisotopic (exact) mass is 261 g/mol. The maximum Gasteiger partial charge on any atom is 0.331 e. The van der Waals surface area contributed by atoms with E-state index in [4.69, 9.17) is 5.11 Å². The molecule has 0 spiro atoms. The molecule has 0 aliphatic carbocycles. The quantitative estimate of drug-likeness (QED) is 0.819. The van der Waals surface area contributed by atoms with Gasteiger partial charge in [-0.25, -0.2) is 4.79 Å². The van der Waals surface area contributed by atoms with Crippen molar-refractivity contribution in [2.45, 2.75) is 33.7 Å². The molecule has 102 valence electrons. The van der Waals surface area contributed by atoms with Crippen molar-refractivity contribution >= 4 is 11.9 Å². The summed E-state index contributed by atoms with van der Waals surface area (Å²) in [4.78, 5) is 22.7. The normalized spacial score (nSPS) is 13.5. The fraction of sp³-hybridized carbons (Fsp3) is 0.333. The summed E-state index contributed by atoms with van der Waals surface area (Å²) in [6.45, 7) is 6.80. The Morgan fingerprint density at radius 2 is 1.84 bits per heavy atom. The lowest BCUT2D eigenvalue weighted by molar-refractivity contribution is -0.133. The van der Waals surface area contributed by atoms with Gasteiger partial charge in [-0.2, -0.15) is 0 Å². The van der Waals surface area contributed by atoms with Gasteiger partial charge in [0, 0.05) is 11.1 Å². The van der Waals surface area contributed by atoms with Gasteiger partial charge in [0.25, 0.3) is 0 Å². The van der Waals surface area contributed by atoms with Crippen LogP contribution < -0.4 is 5.32 Å². The van der Waals surface area contributed by atoms with Gasteiger partial charge in [-0.15, -0.1) is 0 Å². The summed E-state index contributed by atoms with van der Waals surface area (Å²) in [6.07, 6.45) is 0. The summed E-state index contributed by atoms with van der Waals surface area (Å²) in [6, 6.07) is 7.68. The Bertz CT molecular complexity index is 532. The largest absolute Gasteiger partial charge is 0.478 e. The van der Waals surface area contributed by atoms with Gasteiger partial charge in [-0.3, -0.25) is 4.79 Å². The smallest absolute Gasteiger partial charge is 0.331 e. The summed E-state index contributed by atoms with van der Waals surface area (Å²) < 4.78 is 0. The number of carbonyl (C=O) groups excluding carboxylic acids is 1. The van der Waals surface area contributed by atoms with E-state index in [0.717, 1.165) is 11.1 Å². The van der Waals surface area contributed by atoms with E-state index < -0.39 is 5.97 Å². The highest BCUT2D eigenvalue weighted by molar-refractivity contribution is 6.01. The predicted molar refractivity (Wildman–Crippen MR) is 73.7 cm³/mol. The number of carboxylic acid groups (broad SMARTS) is 1. The maximum atomic E-state index is 11.9. The minimum Gasteiger partial charge on any atom is -0.478 e. The Balaban J connectivity index is 2.83. The molecular formula is C15H19NO3. The zero-order valence-corrected chi connectivity index (χ0v) is 11.7. The van der Waals surface area contributed by atoms with E-state index in [1.165, 1.54) is 13.8 Å². The van der Waals surface area contributed by atoms with Crippen molar-refractivity contribution in [3.05, 3.63) is 46.5 Å². The average Bonchev–Trinajstić information content (AvgIpc) is 2.36. The molecule has 0 radical (unpaired) electrons. The summed E-state index contributed by atoms with van der Waals surface area (Å²) in [5.74, 6) is -1.43. The zero-order valence-electron chi connectivity index (χ0n) is 11.7.